The Bertz CT molecular complexity index is 925. The Morgan fingerprint density at radius 2 is 1.92 bits per heavy atom. The van der Waals surface area contributed by atoms with Crippen LogP contribution in [0.2, 0.25) is 0 Å². The molecule has 2 heterocycles. The number of carbonyl (C=O) groups excluding carboxylic acids is 2. The Morgan fingerprint density at radius 3 is 2.62 bits per heavy atom. The second kappa shape index (κ2) is 7.03. The van der Waals surface area contributed by atoms with Crippen LogP contribution in [0.1, 0.15) is 10.4 Å². The van der Waals surface area contributed by atoms with E-state index >= 15 is 0 Å². The van der Waals surface area contributed by atoms with E-state index in [4.69, 9.17) is 23.8 Å². The molecule has 1 atom stereocenters. The van der Waals surface area contributed by atoms with Gasteiger partial charge in [-0.15, -0.1) is 0 Å². The van der Waals surface area contributed by atoms with E-state index in [0.29, 0.717) is 20.7 Å². The monoisotopic (exact) mass is 419 g/mol. The first kappa shape index (κ1) is 17.5. The van der Waals surface area contributed by atoms with E-state index in [1.165, 1.54) is 23.7 Å². The number of anilines is 1. The van der Waals surface area contributed by atoms with Crippen LogP contribution in [0, 0.1) is 0 Å². The Morgan fingerprint density at radius 1 is 1.15 bits per heavy atom. The summed E-state index contributed by atoms with van der Waals surface area (Å²) in [4.78, 5) is 30.1. The van der Waals surface area contributed by atoms with Gasteiger partial charge in [-0.25, -0.2) is 4.99 Å². The van der Waals surface area contributed by atoms with Gasteiger partial charge in [0.1, 0.15) is 0 Å². The highest BCUT2D eigenvalue weighted by Gasteiger charge is 2.49. The first-order valence-corrected chi connectivity index (χ1v) is 9.94. The zero-order chi connectivity index (χ0) is 18.3. The molecule has 0 spiro atoms. The molecular formula is C17H10ClN3O2S3. The van der Waals surface area contributed by atoms with Crippen molar-refractivity contribution in [1.82, 2.24) is 4.31 Å². The number of fused-ring (bicyclic) bond motifs is 1. The Labute approximate surface area is 168 Å². The van der Waals surface area contributed by atoms with E-state index in [9.17, 15) is 9.59 Å². The van der Waals surface area contributed by atoms with Gasteiger partial charge in [-0.2, -0.15) is 0 Å². The second-order valence-corrected chi connectivity index (χ2v) is 8.38. The summed E-state index contributed by atoms with van der Waals surface area (Å²) in [7, 11) is 0. The molecule has 0 aliphatic carbocycles. The summed E-state index contributed by atoms with van der Waals surface area (Å²) >= 11 is 13.7. The molecule has 0 radical (unpaired) electrons. The molecule has 0 bridgehead atoms. The van der Waals surface area contributed by atoms with E-state index in [2.05, 4.69) is 4.99 Å². The lowest BCUT2D eigenvalue weighted by Crippen LogP contribution is -2.31. The largest absolute Gasteiger partial charge is 0.276 e. The molecule has 2 saturated heterocycles. The average molecular weight is 420 g/mol. The fourth-order valence-corrected chi connectivity index (χ4v) is 5.51. The van der Waals surface area contributed by atoms with Crippen molar-refractivity contribution < 1.29 is 9.59 Å². The van der Waals surface area contributed by atoms with Crippen molar-refractivity contribution >= 4 is 79.5 Å². The predicted octanol–water partition coefficient (Wildman–Crippen LogP) is 4.41. The molecule has 1 amide bonds. The summed E-state index contributed by atoms with van der Waals surface area (Å²) in [6.07, 6.45) is 0. The quantitative estimate of drug-likeness (QED) is 0.417. The molecule has 2 aromatic carbocycles. The van der Waals surface area contributed by atoms with Crippen molar-refractivity contribution in [2.45, 2.75) is 5.37 Å². The molecule has 2 aliphatic heterocycles. The number of para-hydroxylation sites is 1. The summed E-state index contributed by atoms with van der Waals surface area (Å²) < 4.78 is 2.47. The van der Waals surface area contributed by atoms with Crippen LogP contribution in [0.15, 0.2) is 59.6 Å². The normalized spacial score (nSPS) is 20.8. The number of aliphatic imine (C=N–C) groups is 1. The number of thioether (sulfide) groups is 1. The molecule has 4 rings (SSSR count). The summed E-state index contributed by atoms with van der Waals surface area (Å²) in [6, 6.07) is 16.1. The number of thiocarbonyl (C=S) groups is 1. The molecule has 2 aromatic rings. The van der Waals surface area contributed by atoms with Crippen molar-refractivity contribution in [2.75, 3.05) is 4.90 Å². The first-order valence-electron chi connectivity index (χ1n) is 7.50. The van der Waals surface area contributed by atoms with Gasteiger partial charge in [-0.1, -0.05) is 36.0 Å². The van der Waals surface area contributed by atoms with Crippen LogP contribution < -0.4 is 4.90 Å². The summed E-state index contributed by atoms with van der Waals surface area (Å²) in [6.45, 7) is 0. The minimum absolute atomic E-state index is 0.0893. The van der Waals surface area contributed by atoms with Crippen LogP contribution in [0.25, 0.3) is 0 Å². The highest BCUT2D eigenvalue weighted by Crippen LogP contribution is 2.45. The maximum atomic E-state index is 12.8. The predicted molar refractivity (Wildman–Crippen MR) is 111 cm³/mol. The topological polar surface area (TPSA) is 53.0 Å². The lowest BCUT2D eigenvalue weighted by Gasteiger charge is -2.17. The van der Waals surface area contributed by atoms with Crippen molar-refractivity contribution in [1.29, 1.82) is 0 Å². The molecule has 0 N–H and O–H groups in total. The number of hydrogen-bond donors (Lipinski definition) is 0. The number of amides is 1. The zero-order valence-electron chi connectivity index (χ0n) is 13.0. The number of benzene rings is 2. The standard InChI is InChI=1S/C17H10ClN3O2S3/c18-13(22)10-5-4-6-11(9-10)19-16-25-15-14(23)20(17(24)21(15)26-16)12-7-2-1-3-8-12/h1-9,15H. The van der Waals surface area contributed by atoms with Gasteiger partial charge in [0.2, 0.25) is 0 Å². The minimum atomic E-state index is -0.533. The van der Waals surface area contributed by atoms with E-state index in [1.54, 1.807) is 33.5 Å². The van der Waals surface area contributed by atoms with Crippen LogP contribution in [-0.2, 0) is 4.79 Å². The molecule has 9 heteroatoms. The van der Waals surface area contributed by atoms with Crippen molar-refractivity contribution in [2.24, 2.45) is 4.99 Å². The SMILES string of the molecule is O=C(Cl)c1cccc(N=C2SC3C(=O)N(c4ccccc4)C(=S)N3S2)c1. The maximum absolute atomic E-state index is 12.8. The van der Waals surface area contributed by atoms with Crippen LogP contribution in [0.3, 0.4) is 0 Å². The lowest BCUT2D eigenvalue weighted by molar-refractivity contribution is -0.117. The van der Waals surface area contributed by atoms with Crippen LogP contribution in [0.5, 0.6) is 0 Å². The van der Waals surface area contributed by atoms with Crippen LogP contribution in [-0.4, -0.2) is 30.3 Å². The fourth-order valence-electron chi connectivity index (χ4n) is 2.55. The number of halogens is 1. The molecule has 0 saturated carbocycles. The van der Waals surface area contributed by atoms with Gasteiger partial charge in [0.25, 0.3) is 11.1 Å². The van der Waals surface area contributed by atoms with Gasteiger partial charge >= 0.3 is 0 Å². The molecule has 2 aliphatic rings. The number of carbonyl (C=O) groups is 2. The van der Waals surface area contributed by atoms with E-state index < -0.39 is 10.6 Å². The molecular weight excluding hydrogens is 410 g/mol. The molecule has 130 valence electrons. The first-order chi connectivity index (χ1) is 12.5. The van der Waals surface area contributed by atoms with Gasteiger partial charge in [0.05, 0.1) is 11.4 Å². The van der Waals surface area contributed by atoms with E-state index in [0.717, 1.165) is 5.69 Å². The highest BCUT2D eigenvalue weighted by atomic mass is 35.5. The van der Waals surface area contributed by atoms with Crippen molar-refractivity contribution in [3.05, 3.63) is 60.2 Å². The third kappa shape index (κ3) is 3.14. The third-order valence-electron chi connectivity index (χ3n) is 3.72. The molecule has 26 heavy (non-hydrogen) atoms. The maximum Gasteiger partial charge on any atom is 0.267 e. The Hall–Kier alpha value is -1.87. The Kier molecular flexibility index (Phi) is 4.74. The summed E-state index contributed by atoms with van der Waals surface area (Å²) in [5.74, 6) is -0.0893. The van der Waals surface area contributed by atoms with Gasteiger partial charge < -0.3 is 0 Å². The van der Waals surface area contributed by atoms with Gasteiger partial charge in [0, 0.05) is 17.5 Å². The molecule has 1 unspecified atom stereocenters. The summed E-state index contributed by atoms with van der Waals surface area (Å²) in [5.41, 5.74) is 1.74. The molecule has 2 fully saturated rings. The van der Waals surface area contributed by atoms with Crippen molar-refractivity contribution in [3.63, 3.8) is 0 Å². The summed E-state index contributed by atoms with van der Waals surface area (Å²) in [5, 5.41) is -0.530. The fraction of sp³-hybridized carbons (Fsp3) is 0.0588. The number of rotatable bonds is 3. The van der Waals surface area contributed by atoms with Crippen LogP contribution >= 0.6 is 47.5 Å². The van der Waals surface area contributed by atoms with Gasteiger partial charge in [-0.3, -0.25) is 18.8 Å². The van der Waals surface area contributed by atoms with Crippen LogP contribution in [0.4, 0.5) is 11.4 Å². The van der Waals surface area contributed by atoms with Crippen molar-refractivity contribution in [3.8, 4) is 0 Å². The number of nitrogens with zero attached hydrogens (tertiary/aromatic N) is 3. The van der Waals surface area contributed by atoms with E-state index in [-0.39, 0.29) is 5.91 Å². The lowest BCUT2D eigenvalue weighted by atomic mass is 10.2. The van der Waals surface area contributed by atoms with Gasteiger partial charge in [0.15, 0.2) is 14.9 Å². The minimum Gasteiger partial charge on any atom is -0.276 e. The Balaban J connectivity index is 1.57. The average Bonchev–Trinajstić information content (AvgIpc) is 3.15. The third-order valence-corrected chi connectivity index (χ3v) is 6.84. The van der Waals surface area contributed by atoms with E-state index in [1.807, 2.05) is 30.3 Å². The smallest absolute Gasteiger partial charge is 0.267 e. The molecule has 0 aromatic heterocycles. The molecule has 5 nitrogen and oxygen atoms in total. The second-order valence-electron chi connectivity index (χ2n) is 5.38. The van der Waals surface area contributed by atoms with Gasteiger partial charge in [-0.05, 0) is 54.2 Å². The number of hydrogen-bond acceptors (Lipinski definition) is 6. The highest BCUT2D eigenvalue weighted by molar-refractivity contribution is 8.41. The zero-order valence-corrected chi connectivity index (χ0v) is 16.2.